The van der Waals surface area contributed by atoms with Gasteiger partial charge in [-0.05, 0) is 30.0 Å². The van der Waals surface area contributed by atoms with Crippen molar-refractivity contribution in [2.45, 2.75) is 39.7 Å². The molecule has 2 N–H and O–H groups in total. The molecule has 0 aliphatic rings. The Balaban J connectivity index is 1.83. The van der Waals surface area contributed by atoms with E-state index in [-0.39, 0.29) is 49.0 Å². The number of carbonyl (C=O) groups excluding carboxylic acids is 3. The minimum atomic E-state index is -0.702. The summed E-state index contributed by atoms with van der Waals surface area (Å²) in [7, 11) is 1.69. The van der Waals surface area contributed by atoms with Gasteiger partial charge in [-0.3, -0.25) is 19.6 Å². The summed E-state index contributed by atoms with van der Waals surface area (Å²) in [5, 5.41) is 12.9. The number of hydroxylamine groups is 2. The van der Waals surface area contributed by atoms with Crippen molar-refractivity contribution in [3.8, 4) is 0 Å². The highest BCUT2D eigenvalue weighted by Gasteiger charge is 2.26. The predicted molar refractivity (Wildman–Crippen MR) is 125 cm³/mol. The van der Waals surface area contributed by atoms with E-state index in [0.717, 1.165) is 11.3 Å². The molecule has 33 heavy (non-hydrogen) atoms. The van der Waals surface area contributed by atoms with E-state index in [2.05, 4.69) is 5.32 Å². The Kier molecular flexibility index (Phi) is 10.5. The first-order valence-electron chi connectivity index (χ1n) is 11.1. The second-order valence-electron chi connectivity index (χ2n) is 8.29. The summed E-state index contributed by atoms with van der Waals surface area (Å²) in [6.07, 6.45) is 0.390. The Bertz CT molecular complexity index is 889. The molecule has 0 radical (unpaired) electrons. The van der Waals surface area contributed by atoms with Gasteiger partial charge in [0.15, 0.2) is 0 Å². The summed E-state index contributed by atoms with van der Waals surface area (Å²) in [6, 6.07) is 18.4. The number of hydrogen-bond donors (Lipinski definition) is 2. The SMILES string of the molecule is CC(C)C[C@H](CC(=O)N(O)OCc1ccccc1)C(=O)NCCC(=O)N(C)c1ccccc1. The number of hydrogen-bond acceptors (Lipinski definition) is 5. The van der Waals surface area contributed by atoms with E-state index >= 15 is 0 Å². The van der Waals surface area contributed by atoms with Gasteiger partial charge in [0.1, 0.15) is 6.61 Å². The molecule has 3 amide bonds. The van der Waals surface area contributed by atoms with Crippen LogP contribution in [0.3, 0.4) is 0 Å². The van der Waals surface area contributed by atoms with Gasteiger partial charge < -0.3 is 10.2 Å². The quantitative estimate of drug-likeness (QED) is 0.377. The van der Waals surface area contributed by atoms with Gasteiger partial charge >= 0.3 is 0 Å². The highest BCUT2D eigenvalue weighted by molar-refractivity contribution is 5.93. The van der Waals surface area contributed by atoms with Crippen LogP contribution < -0.4 is 10.2 Å². The van der Waals surface area contributed by atoms with Gasteiger partial charge in [-0.25, -0.2) is 4.84 Å². The van der Waals surface area contributed by atoms with Crippen LogP contribution in [0.25, 0.3) is 0 Å². The van der Waals surface area contributed by atoms with E-state index in [9.17, 15) is 19.6 Å². The fourth-order valence-corrected chi connectivity index (χ4v) is 3.32. The fourth-order valence-electron chi connectivity index (χ4n) is 3.32. The van der Waals surface area contributed by atoms with Gasteiger partial charge in [0.25, 0.3) is 5.91 Å². The first kappa shape index (κ1) is 26.0. The molecule has 0 fully saturated rings. The molecule has 0 spiro atoms. The Morgan fingerprint density at radius 3 is 2.18 bits per heavy atom. The maximum absolute atomic E-state index is 12.7. The smallest absolute Gasteiger partial charge is 0.274 e. The summed E-state index contributed by atoms with van der Waals surface area (Å²) in [5.41, 5.74) is 1.57. The molecule has 0 saturated carbocycles. The number of anilines is 1. The van der Waals surface area contributed by atoms with Crippen molar-refractivity contribution in [3.63, 3.8) is 0 Å². The molecule has 0 aliphatic heterocycles. The van der Waals surface area contributed by atoms with Crippen LogP contribution in [0.1, 0.15) is 38.7 Å². The van der Waals surface area contributed by atoms with Crippen LogP contribution in [-0.2, 0) is 25.8 Å². The minimum absolute atomic E-state index is 0.0289. The lowest BCUT2D eigenvalue weighted by Crippen LogP contribution is -2.38. The van der Waals surface area contributed by atoms with Gasteiger partial charge in [0.05, 0.1) is 0 Å². The van der Waals surface area contributed by atoms with Crippen LogP contribution in [0.4, 0.5) is 5.69 Å². The zero-order valence-corrected chi connectivity index (χ0v) is 19.4. The van der Waals surface area contributed by atoms with Crippen molar-refractivity contribution in [1.29, 1.82) is 0 Å². The van der Waals surface area contributed by atoms with Gasteiger partial charge in [-0.1, -0.05) is 67.6 Å². The van der Waals surface area contributed by atoms with Crippen LogP contribution in [-0.4, -0.2) is 41.7 Å². The largest absolute Gasteiger partial charge is 0.355 e. The Morgan fingerprint density at radius 2 is 1.58 bits per heavy atom. The highest BCUT2D eigenvalue weighted by Crippen LogP contribution is 2.18. The predicted octanol–water partition coefficient (Wildman–Crippen LogP) is 3.56. The molecule has 2 aromatic rings. The molecule has 0 aliphatic carbocycles. The zero-order valence-electron chi connectivity index (χ0n) is 19.4. The second kappa shape index (κ2) is 13.3. The first-order chi connectivity index (χ1) is 15.8. The average molecular weight is 456 g/mol. The average Bonchev–Trinajstić information content (AvgIpc) is 2.82. The molecule has 0 heterocycles. The highest BCUT2D eigenvalue weighted by atomic mass is 16.9. The number of rotatable bonds is 12. The van der Waals surface area contributed by atoms with E-state index in [1.54, 1.807) is 7.05 Å². The summed E-state index contributed by atoms with van der Waals surface area (Å²) in [4.78, 5) is 44.2. The number of amides is 3. The topological polar surface area (TPSA) is 99.2 Å². The van der Waals surface area contributed by atoms with Crippen LogP contribution in [0.15, 0.2) is 60.7 Å². The Morgan fingerprint density at radius 1 is 0.970 bits per heavy atom. The molecular weight excluding hydrogens is 422 g/mol. The Labute approximate surface area is 195 Å². The van der Waals surface area contributed by atoms with Crippen molar-refractivity contribution in [1.82, 2.24) is 10.5 Å². The third-order valence-electron chi connectivity index (χ3n) is 5.11. The fraction of sp³-hybridized carbons (Fsp3) is 0.400. The van der Waals surface area contributed by atoms with Crippen molar-refractivity contribution in [2.75, 3.05) is 18.5 Å². The molecule has 178 valence electrons. The van der Waals surface area contributed by atoms with Gasteiger partial charge in [0, 0.05) is 38.0 Å². The minimum Gasteiger partial charge on any atom is -0.355 e. The number of carbonyl (C=O) groups is 3. The standard InChI is InChI=1S/C25H33N3O5/c1-19(2)16-21(17-24(30)28(32)33-18-20-10-6-4-7-11-20)25(31)26-15-14-23(29)27(3)22-12-8-5-9-13-22/h4-13,19,21,32H,14-18H2,1-3H3,(H,26,31)/t21-/m1/s1. The number of nitrogens with zero attached hydrogens (tertiary/aromatic N) is 2. The van der Waals surface area contributed by atoms with Crippen molar-refractivity contribution in [2.24, 2.45) is 11.8 Å². The molecule has 0 aromatic heterocycles. The normalized spacial score (nSPS) is 11.7. The lowest BCUT2D eigenvalue weighted by Gasteiger charge is -2.21. The summed E-state index contributed by atoms with van der Waals surface area (Å²) >= 11 is 0. The van der Waals surface area contributed by atoms with Crippen molar-refractivity contribution >= 4 is 23.4 Å². The maximum Gasteiger partial charge on any atom is 0.274 e. The van der Waals surface area contributed by atoms with Crippen LogP contribution in [0.2, 0.25) is 0 Å². The van der Waals surface area contributed by atoms with E-state index in [1.165, 1.54) is 4.90 Å². The summed E-state index contributed by atoms with van der Waals surface area (Å²) in [5.74, 6) is -1.64. The molecule has 2 aromatic carbocycles. The van der Waals surface area contributed by atoms with Gasteiger partial charge in [-0.15, -0.1) is 0 Å². The van der Waals surface area contributed by atoms with Crippen LogP contribution >= 0.6 is 0 Å². The third kappa shape index (κ3) is 9.03. The molecule has 0 bridgehead atoms. The zero-order chi connectivity index (χ0) is 24.2. The van der Waals surface area contributed by atoms with E-state index in [1.807, 2.05) is 74.5 Å². The monoisotopic (exact) mass is 455 g/mol. The summed E-state index contributed by atoms with van der Waals surface area (Å²) < 4.78 is 0. The first-order valence-corrected chi connectivity index (χ1v) is 11.1. The van der Waals surface area contributed by atoms with Crippen LogP contribution in [0, 0.1) is 11.8 Å². The van der Waals surface area contributed by atoms with Crippen molar-refractivity contribution < 1.29 is 24.4 Å². The van der Waals surface area contributed by atoms with Crippen LogP contribution in [0.5, 0.6) is 0 Å². The number of benzene rings is 2. The lowest BCUT2D eigenvalue weighted by molar-refractivity contribution is -0.321. The van der Waals surface area contributed by atoms with Gasteiger partial charge in [-0.2, -0.15) is 0 Å². The maximum atomic E-state index is 12.7. The lowest BCUT2D eigenvalue weighted by atomic mass is 9.93. The summed E-state index contributed by atoms with van der Waals surface area (Å²) in [6.45, 7) is 4.09. The third-order valence-corrected chi connectivity index (χ3v) is 5.11. The molecular formula is C25H33N3O5. The molecule has 2 rings (SSSR count). The van der Waals surface area contributed by atoms with E-state index in [4.69, 9.17) is 4.84 Å². The van der Waals surface area contributed by atoms with E-state index < -0.39 is 11.8 Å². The molecule has 0 unspecified atom stereocenters. The van der Waals surface area contributed by atoms with Gasteiger partial charge in [0.2, 0.25) is 11.8 Å². The molecule has 0 saturated heterocycles. The number of nitrogens with one attached hydrogen (secondary N) is 1. The molecule has 8 nitrogen and oxygen atoms in total. The molecule has 8 heteroatoms. The number of para-hydroxylation sites is 1. The second-order valence-corrected chi connectivity index (χ2v) is 8.29. The Hall–Kier alpha value is -3.23. The van der Waals surface area contributed by atoms with E-state index in [0.29, 0.717) is 6.42 Å². The van der Waals surface area contributed by atoms with Crippen molar-refractivity contribution in [3.05, 3.63) is 66.2 Å². The molecule has 1 atom stereocenters.